The van der Waals surface area contributed by atoms with Crippen molar-refractivity contribution in [2.75, 3.05) is 5.32 Å². The highest BCUT2D eigenvalue weighted by atomic mass is 16.2. The van der Waals surface area contributed by atoms with Crippen molar-refractivity contribution in [1.29, 1.82) is 0 Å². The molecule has 0 aliphatic heterocycles. The summed E-state index contributed by atoms with van der Waals surface area (Å²) in [5.74, 6) is -0.515. The summed E-state index contributed by atoms with van der Waals surface area (Å²) in [5, 5.41) is 7.04. The number of aryl methyl sites for hydroxylation is 1. The quantitative estimate of drug-likeness (QED) is 0.439. The summed E-state index contributed by atoms with van der Waals surface area (Å²) in [6.07, 6.45) is 1.60. The standard InChI is InChI=1S/C24H23N5O4/c1-3-27-14-20-22(26-27)23(32)29(13-17-7-5-4-6-8-17)24(33)28(20)15-21(31)25-19-11-9-18(10-12-19)16(2)30/h4-12,14H,3,13,15H2,1-2H3,(H,25,31). The average Bonchev–Trinajstić information content (AvgIpc) is 3.25. The molecule has 0 saturated heterocycles. The maximum Gasteiger partial charge on any atom is 0.332 e. The molecule has 0 saturated carbocycles. The highest BCUT2D eigenvalue weighted by Crippen LogP contribution is 2.12. The van der Waals surface area contributed by atoms with Crippen LogP contribution in [0.5, 0.6) is 0 Å². The Bertz CT molecular complexity index is 1450. The number of carbonyl (C=O) groups is 2. The Morgan fingerprint density at radius 3 is 2.30 bits per heavy atom. The summed E-state index contributed by atoms with van der Waals surface area (Å²) in [7, 11) is 0. The van der Waals surface area contributed by atoms with E-state index in [2.05, 4.69) is 10.4 Å². The Balaban J connectivity index is 1.71. The lowest BCUT2D eigenvalue weighted by molar-refractivity contribution is -0.116. The predicted octanol–water partition coefficient (Wildman–Crippen LogP) is 2.27. The van der Waals surface area contributed by atoms with E-state index in [1.54, 1.807) is 35.1 Å². The van der Waals surface area contributed by atoms with Crippen LogP contribution in [0, 0.1) is 0 Å². The average molecular weight is 445 g/mol. The third kappa shape index (κ3) is 4.52. The van der Waals surface area contributed by atoms with Crippen LogP contribution in [0.1, 0.15) is 29.8 Å². The van der Waals surface area contributed by atoms with E-state index in [1.807, 2.05) is 37.3 Å². The van der Waals surface area contributed by atoms with Crippen molar-refractivity contribution in [2.24, 2.45) is 0 Å². The maximum absolute atomic E-state index is 13.3. The van der Waals surface area contributed by atoms with E-state index in [0.717, 1.165) is 10.1 Å². The number of nitrogens with zero attached hydrogens (tertiary/aromatic N) is 4. The van der Waals surface area contributed by atoms with E-state index >= 15 is 0 Å². The topological polar surface area (TPSA) is 108 Å². The second-order valence-corrected chi connectivity index (χ2v) is 7.65. The molecule has 1 amide bonds. The summed E-state index contributed by atoms with van der Waals surface area (Å²) in [6, 6.07) is 15.6. The maximum atomic E-state index is 13.3. The third-order valence-electron chi connectivity index (χ3n) is 5.33. The van der Waals surface area contributed by atoms with Crippen LogP contribution < -0.4 is 16.6 Å². The first kappa shape index (κ1) is 21.9. The van der Waals surface area contributed by atoms with Crippen LogP contribution in [-0.2, 0) is 24.4 Å². The number of hydrogen-bond acceptors (Lipinski definition) is 5. The van der Waals surface area contributed by atoms with Crippen molar-refractivity contribution < 1.29 is 9.59 Å². The molecule has 1 N–H and O–H groups in total. The molecule has 33 heavy (non-hydrogen) atoms. The highest BCUT2D eigenvalue weighted by Gasteiger charge is 2.19. The number of rotatable bonds is 7. The normalized spacial score (nSPS) is 11.0. The van der Waals surface area contributed by atoms with Gasteiger partial charge in [0, 0.05) is 24.0 Å². The summed E-state index contributed by atoms with van der Waals surface area (Å²) >= 11 is 0. The number of amides is 1. The number of hydrogen-bond donors (Lipinski definition) is 1. The van der Waals surface area contributed by atoms with Crippen LogP contribution in [0.3, 0.4) is 0 Å². The van der Waals surface area contributed by atoms with Crippen LogP contribution in [0.25, 0.3) is 11.0 Å². The molecule has 0 atom stereocenters. The lowest BCUT2D eigenvalue weighted by Gasteiger charge is -2.12. The van der Waals surface area contributed by atoms with Crippen molar-refractivity contribution in [1.82, 2.24) is 18.9 Å². The first-order chi connectivity index (χ1) is 15.9. The summed E-state index contributed by atoms with van der Waals surface area (Å²) in [5.41, 5.74) is 1.16. The van der Waals surface area contributed by atoms with E-state index in [-0.39, 0.29) is 24.4 Å². The van der Waals surface area contributed by atoms with Crippen LogP contribution in [-0.4, -0.2) is 30.6 Å². The number of ketones is 1. The SMILES string of the molecule is CCn1cc2c(n1)c(=O)n(Cc1ccccc1)c(=O)n2CC(=O)Nc1ccc(C(C)=O)cc1. The first-order valence-corrected chi connectivity index (χ1v) is 10.5. The van der Waals surface area contributed by atoms with Gasteiger partial charge in [-0.2, -0.15) is 5.10 Å². The van der Waals surface area contributed by atoms with Crippen LogP contribution in [0.2, 0.25) is 0 Å². The van der Waals surface area contributed by atoms with Gasteiger partial charge in [-0.05, 0) is 43.7 Å². The van der Waals surface area contributed by atoms with Crippen molar-refractivity contribution in [2.45, 2.75) is 33.5 Å². The monoisotopic (exact) mass is 445 g/mol. The largest absolute Gasteiger partial charge is 0.332 e. The second-order valence-electron chi connectivity index (χ2n) is 7.65. The van der Waals surface area contributed by atoms with Gasteiger partial charge in [0.15, 0.2) is 11.3 Å². The third-order valence-corrected chi connectivity index (χ3v) is 5.33. The molecule has 9 nitrogen and oxygen atoms in total. The molecule has 0 spiro atoms. The zero-order chi connectivity index (χ0) is 23.5. The molecule has 9 heteroatoms. The molecule has 0 aliphatic rings. The summed E-state index contributed by atoms with van der Waals surface area (Å²) in [6.45, 7) is 3.62. The van der Waals surface area contributed by atoms with Gasteiger partial charge in [-0.1, -0.05) is 30.3 Å². The van der Waals surface area contributed by atoms with Gasteiger partial charge in [0.05, 0.1) is 12.1 Å². The highest BCUT2D eigenvalue weighted by molar-refractivity contribution is 5.95. The van der Waals surface area contributed by atoms with Crippen LogP contribution >= 0.6 is 0 Å². The number of nitrogens with one attached hydrogen (secondary N) is 1. The van der Waals surface area contributed by atoms with Gasteiger partial charge in [-0.3, -0.25) is 28.2 Å². The molecular weight excluding hydrogens is 422 g/mol. The molecule has 0 unspecified atom stereocenters. The van der Waals surface area contributed by atoms with Gasteiger partial charge in [0.1, 0.15) is 6.54 Å². The molecule has 0 fully saturated rings. The van der Waals surface area contributed by atoms with Crippen LogP contribution in [0.15, 0.2) is 70.4 Å². The molecular formula is C24H23N5O4. The number of carbonyl (C=O) groups excluding carboxylic acids is 2. The molecule has 0 bridgehead atoms. The van der Waals surface area contributed by atoms with E-state index in [1.165, 1.54) is 11.5 Å². The molecule has 2 heterocycles. The molecule has 4 aromatic rings. The lowest BCUT2D eigenvalue weighted by atomic mass is 10.1. The fraction of sp³-hybridized carbons (Fsp3) is 0.208. The van der Waals surface area contributed by atoms with E-state index in [9.17, 15) is 19.2 Å². The van der Waals surface area contributed by atoms with Crippen molar-refractivity contribution in [3.63, 3.8) is 0 Å². The summed E-state index contributed by atoms with van der Waals surface area (Å²) in [4.78, 5) is 50.5. The zero-order valence-electron chi connectivity index (χ0n) is 18.3. The second kappa shape index (κ2) is 9.07. The Kier molecular flexibility index (Phi) is 6.03. The van der Waals surface area contributed by atoms with Gasteiger partial charge < -0.3 is 5.32 Å². The van der Waals surface area contributed by atoms with Gasteiger partial charge >= 0.3 is 5.69 Å². The first-order valence-electron chi connectivity index (χ1n) is 10.5. The van der Waals surface area contributed by atoms with Crippen molar-refractivity contribution >= 4 is 28.4 Å². The zero-order valence-corrected chi connectivity index (χ0v) is 18.3. The van der Waals surface area contributed by atoms with Gasteiger partial charge in [-0.25, -0.2) is 4.79 Å². The van der Waals surface area contributed by atoms with E-state index < -0.39 is 17.2 Å². The lowest BCUT2D eigenvalue weighted by Crippen LogP contribution is -2.41. The van der Waals surface area contributed by atoms with Crippen LogP contribution in [0.4, 0.5) is 5.69 Å². The minimum Gasteiger partial charge on any atom is -0.325 e. The molecule has 2 aromatic carbocycles. The minimum atomic E-state index is -0.589. The van der Waals surface area contributed by atoms with Gasteiger partial charge in [0.2, 0.25) is 5.91 Å². The number of anilines is 1. The number of benzene rings is 2. The molecule has 0 aliphatic carbocycles. The van der Waals surface area contributed by atoms with E-state index in [4.69, 9.17) is 0 Å². The summed E-state index contributed by atoms with van der Waals surface area (Å²) < 4.78 is 3.92. The minimum absolute atomic E-state index is 0.0710. The smallest absolute Gasteiger partial charge is 0.325 e. The fourth-order valence-corrected chi connectivity index (χ4v) is 3.58. The Morgan fingerprint density at radius 1 is 0.970 bits per heavy atom. The van der Waals surface area contributed by atoms with Gasteiger partial charge in [0.25, 0.3) is 5.56 Å². The van der Waals surface area contributed by atoms with Crippen molar-refractivity contribution in [3.8, 4) is 0 Å². The Hall–Kier alpha value is -4.27. The number of aromatic nitrogens is 4. The Labute approximate surface area is 188 Å². The molecule has 0 radical (unpaired) electrons. The predicted molar refractivity (Wildman–Crippen MR) is 125 cm³/mol. The number of Topliss-reactive ketones (excluding diaryl/α,β-unsaturated/α-hetero) is 1. The Morgan fingerprint density at radius 2 is 1.67 bits per heavy atom. The molecule has 4 rings (SSSR count). The number of fused-ring (bicyclic) bond motifs is 1. The fourth-order valence-electron chi connectivity index (χ4n) is 3.58. The van der Waals surface area contributed by atoms with Crippen molar-refractivity contribution in [3.05, 3.63) is 92.8 Å². The molecule has 168 valence electrons. The van der Waals surface area contributed by atoms with Gasteiger partial charge in [-0.15, -0.1) is 0 Å². The van der Waals surface area contributed by atoms with E-state index in [0.29, 0.717) is 23.3 Å². The molecule has 2 aromatic heterocycles.